The van der Waals surface area contributed by atoms with Gasteiger partial charge in [-0.2, -0.15) is 0 Å². The maximum atomic E-state index is 13.5. The summed E-state index contributed by atoms with van der Waals surface area (Å²) in [6.07, 6.45) is 6.09. The fourth-order valence-corrected chi connectivity index (χ4v) is 5.15. The van der Waals surface area contributed by atoms with Crippen LogP contribution in [0.1, 0.15) is 64.9 Å². The topological polar surface area (TPSA) is 62.4 Å². The lowest BCUT2D eigenvalue weighted by atomic mass is 9.71. The molecule has 2 fully saturated rings. The normalized spacial score (nSPS) is 27.0. The molecule has 0 atom stereocenters. The number of carbonyl (C=O) groups excluding carboxylic acids is 1. The van der Waals surface area contributed by atoms with E-state index in [4.69, 9.17) is 4.84 Å². The Morgan fingerprint density at radius 2 is 1.72 bits per heavy atom. The van der Waals surface area contributed by atoms with E-state index in [1.807, 2.05) is 30.3 Å². The van der Waals surface area contributed by atoms with Crippen LogP contribution in [-0.4, -0.2) is 30.6 Å². The van der Waals surface area contributed by atoms with Crippen molar-refractivity contribution in [1.82, 2.24) is 16.1 Å². The molecule has 5 heteroatoms. The second kappa shape index (κ2) is 8.11. The lowest BCUT2D eigenvalue weighted by Crippen LogP contribution is -2.49. The quantitative estimate of drug-likeness (QED) is 0.726. The molecule has 158 valence electrons. The molecule has 29 heavy (non-hydrogen) atoms. The predicted octanol–water partition coefficient (Wildman–Crippen LogP) is 3.78. The summed E-state index contributed by atoms with van der Waals surface area (Å²) < 4.78 is 0. The molecule has 4 rings (SSSR count). The van der Waals surface area contributed by atoms with Gasteiger partial charge in [-0.3, -0.25) is 15.1 Å². The fraction of sp³-hybridized carbons (Fsp3) is 0.625. The van der Waals surface area contributed by atoms with Gasteiger partial charge in [0.2, 0.25) is 0 Å². The molecule has 0 radical (unpaired) electrons. The van der Waals surface area contributed by atoms with E-state index in [0.29, 0.717) is 5.41 Å². The molecule has 0 unspecified atom stereocenters. The highest BCUT2D eigenvalue weighted by molar-refractivity contribution is 6.03. The van der Waals surface area contributed by atoms with Gasteiger partial charge in [0.1, 0.15) is 5.60 Å². The van der Waals surface area contributed by atoms with Crippen molar-refractivity contribution >= 4 is 11.6 Å². The zero-order chi connectivity index (χ0) is 20.5. The van der Waals surface area contributed by atoms with Crippen LogP contribution in [0.3, 0.4) is 0 Å². The lowest BCUT2D eigenvalue weighted by Gasteiger charge is -2.38. The summed E-state index contributed by atoms with van der Waals surface area (Å²) in [4.78, 5) is 19.6. The molecule has 1 saturated heterocycles. The molecular weight excluding hydrogens is 362 g/mol. The SMILES string of the molecule is CC(C)(C)C1CCC(NC(=O)C2=C(c3ccccc3)NOC23CCNCC3)CC1. The van der Waals surface area contributed by atoms with Gasteiger partial charge in [-0.25, -0.2) is 0 Å². The van der Waals surface area contributed by atoms with Gasteiger partial charge in [-0.05, 0) is 62.9 Å². The Morgan fingerprint density at radius 1 is 1.07 bits per heavy atom. The molecule has 1 aliphatic carbocycles. The van der Waals surface area contributed by atoms with E-state index in [1.165, 1.54) is 12.8 Å². The predicted molar refractivity (Wildman–Crippen MR) is 116 cm³/mol. The van der Waals surface area contributed by atoms with Crippen molar-refractivity contribution in [3.63, 3.8) is 0 Å². The lowest BCUT2D eigenvalue weighted by molar-refractivity contribution is -0.123. The molecule has 1 saturated carbocycles. The number of nitrogens with one attached hydrogen (secondary N) is 3. The maximum absolute atomic E-state index is 13.5. The van der Waals surface area contributed by atoms with Gasteiger partial charge in [-0.1, -0.05) is 51.1 Å². The number of hydrogen-bond donors (Lipinski definition) is 3. The van der Waals surface area contributed by atoms with Crippen LogP contribution in [0.4, 0.5) is 0 Å². The minimum atomic E-state index is -0.539. The van der Waals surface area contributed by atoms with Crippen molar-refractivity contribution in [3.8, 4) is 0 Å². The number of rotatable bonds is 3. The average Bonchev–Trinajstić information content (AvgIpc) is 3.07. The van der Waals surface area contributed by atoms with Gasteiger partial charge in [0.05, 0.1) is 11.3 Å². The Labute approximate surface area is 174 Å². The summed E-state index contributed by atoms with van der Waals surface area (Å²) in [5.41, 5.74) is 5.54. The molecule has 5 nitrogen and oxygen atoms in total. The Kier molecular flexibility index (Phi) is 5.71. The first kappa shape index (κ1) is 20.4. The number of carbonyl (C=O) groups is 1. The van der Waals surface area contributed by atoms with Gasteiger partial charge < -0.3 is 10.6 Å². The maximum Gasteiger partial charge on any atom is 0.252 e. The second-order valence-electron chi connectivity index (χ2n) is 9.95. The number of hydrogen-bond acceptors (Lipinski definition) is 4. The molecule has 0 bridgehead atoms. The van der Waals surface area contributed by atoms with Crippen molar-refractivity contribution < 1.29 is 9.63 Å². The summed E-state index contributed by atoms with van der Waals surface area (Å²) in [5.74, 6) is 0.775. The molecular formula is C24H35N3O2. The molecule has 1 aromatic carbocycles. The highest BCUT2D eigenvalue weighted by Gasteiger charge is 2.48. The molecule has 0 aromatic heterocycles. The van der Waals surface area contributed by atoms with Crippen LogP contribution in [0.15, 0.2) is 35.9 Å². The molecule has 3 N–H and O–H groups in total. The van der Waals surface area contributed by atoms with E-state index in [1.54, 1.807) is 0 Å². The van der Waals surface area contributed by atoms with E-state index < -0.39 is 5.60 Å². The van der Waals surface area contributed by atoms with E-state index in [9.17, 15) is 4.79 Å². The van der Waals surface area contributed by atoms with Crippen molar-refractivity contribution in [3.05, 3.63) is 41.5 Å². The Bertz CT molecular complexity index is 752. The third-order valence-corrected chi connectivity index (χ3v) is 7.04. The first-order valence-electron chi connectivity index (χ1n) is 11.1. The number of hydroxylamine groups is 1. The van der Waals surface area contributed by atoms with Crippen molar-refractivity contribution in [2.24, 2.45) is 11.3 Å². The van der Waals surface area contributed by atoms with Crippen LogP contribution in [0, 0.1) is 11.3 Å². The molecule has 2 aliphatic heterocycles. The molecule has 1 amide bonds. The zero-order valence-corrected chi connectivity index (χ0v) is 18.0. The fourth-order valence-electron chi connectivity index (χ4n) is 5.15. The summed E-state index contributed by atoms with van der Waals surface area (Å²) in [7, 11) is 0. The van der Waals surface area contributed by atoms with Crippen LogP contribution in [0.5, 0.6) is 0 Å². The Hall–Kier alpha value is -1.85. The summed E-state index contributed by atoms with van der Waals surface area (Å²) >= 11 is 0. The summed E-state index contributed by atoms with van der Waals surface area (Å²) in [6.45, 7) is 8.70. The van der Waals surface area contributed by atoms with Gasteiger partial charge in [-0.15, -0.1) is 0 Å². The number of piperidine rings is 1. The zero-order valence-electron chi connectivity index (χ0n) is 18.0. The molecule has 1 aromatic rings. The standard InChI is InChI=1S/C24H35N3O2/c1-23(2,3)18-9-11-19(12-10-18)26-22(28)20-21(17-7-5-4-6-8-17)27-29-24(20)13-15-25-16-14-24/h4-8,18-19,25,27H,9-16H2,1-3H3,(H,26,28). The minimum Gasteiger partial charge on any atom is -0.349 e. The first-order valence-corrected chi connectivity index (χ1v) is 11.1. The van der Waals surface area contributed by atoms with Crippen LogP contribution in [-0.2, 0) is 9.63 Å². The monoisotopic (exact) mass is 397 g/mol. The number of benzene rings is 1. The van der Waals surface area contributed by atoms with E-state index in [0.717, 1.165) is 61.5 Å². The Morgan fingerprint density at radius 3 is 2.34 bits per heavy atom. The highest BCUT2D eigenvalue weighted by atomic mass is 16.7. The van der Waals surface area contributed by atoms with Crippen molar-refractivity contribution in [2.75, 3.05) is 13.1 Å². The van der Waals surface area contributed by atoms with Crippen LogP contribution >= 0.6 is 0 Å². The van der Waals surface area contributed by atoms with E-state index >= 15 is 0 Å². The average molecular weight is 398 g/mol. The minimum absolute atomic E-state index is 0.0370. The largest absolute Gasteiger partial charge is 0.349 e. The molecule has 1 spiro atoms. The third-order valence-electron chi connectivity index (χ3n) is 7.04. The summed E-state index contributed by atoms with van der Waals surface area (Å²) in [6, 6.07) is 10.3. The second-order valence-corrected chi connectivity index (χ2v) is 9.95. The first-order chi connectivity index (χ1) is 13.9. The highest BCUT2D eigenvalue weighted by Crippen LogP contribution is 2.41. The van der Waals surface area contributed by atoms with Gasteiger partial charge in [0.25, 0.3) is 5.91 Å². The van der Waals surface area contributed by atoms with E-state index in [2.05, 4.69) is 36.9 Å². The van der Waals surface area contributed by atoms with Gasteiger partial charge in [0.15, 0.2) is 0 Å². The third kappa shape index (κ3) is 4.22. The number of amides is 1. The van der Waals surface area contributed by atoms with Crippen LogP contribution in [0.25, 0.3) is 5.70 Å². The van der Waals surface area contributed by atoms with Gasteiger partial charge >= 0.3 is 0 Å². The van der Waals surface area contributed by atoms with Crippen LogP contribution in [0.2, 0.25) is 0 Å². The molecule has 2 heterocycles. The van der Waals surface area contributed by atoms with Crippen LogP contribution < -0.4 is 16.1 Å². The van der Waals surface area contributed by atoms with Crippen molar-refractivity contribution in [2.45, 2.75) is 70.9 Å². The smallest absolute Gasteiger partial charge is 0.252 e. The van der Waals surface area contributed by atoms with E-state index in [-0.39, 0.29) is 11.9 Å². The van der Waals surface area contributed by atoms with Gasteiger partial charge in [0, 0.05) is 11.6 Å². The molecule has 3 aliphatic rings. The Balaban J connectivity index is 1.55. The summed E-state index contributed by atoms with van der Waals surface area (Å²) in [5, 5.41) is 6.76. The van der Waals surface area contributed by atoms with Crippen molar-refractivity contribution in [1.29, 1.82) is 0 Å².